The summed E-state index contributed by atoms with van der Waals surface area (Å²) in [6.45, 7) is 5.00. The number of nitrogens with zero attached hydrogens (tertiary/aromatic N) is 1. The summed E-state index contributed by atoms with van der Waals surface area (Å²) in [6.07, 6.45) is 0. The van der Waals surface area contributed by atoms with Gasteiger partial charge < -0.3 is 10.1 Å². The Kier molecular flexibility index (Phi) is 9.45. The molecule has 0 saturated carbocycles. The Morgan fingerprint density at radius 3 is 1.91 bits per heavy atom. The molecule has 0 radical (unpaired) electrons. The highest BCUT2D eigenvalue weighted by Crippen LogP contribution is 2.29. The summed E-state index contributed by atoms with van der Waals surface area (Å²) in [6, 6.07) is 33.0. The molecule has 5 rings (SSSR count). The molecule has 2 N–H and O–H groups in total. The second-order valence-corrected chi connectivity index (χ2v) is 14.3. The number of ether oxygens (including phenoxy) is 1. The van der Waals surface area contributed by atoms with Crippen LogP contribution in [0.3, 0.4) is 0 Å². The van der Waals surface area contributed by atoms with E-state index in [9.17, 15) is 21.6 Å². The first-order chi connectivity index (χ1) is 21.9. The van der Waals surface area contributed by atoms with Gasteiger partial charge >= 0.3 is 0 Å². The van der Waals surface area contributed by atoms with Gasteiger partial charge in [-0.1, -0.05) is 48.0 Å². The Morgan fingerprint density at radius 2 is 1.26 bits per heavy atom. The first-order valence-electron chi connectivity index (χ1n) is 14.3. The molecule has 0 unspecified atom stereocenters. The van der Waals surface area contributed by atoms with Crippen molar-refractivity contribution in [2.24, 2.45) is 0 Å². The Bertz CT molecular complexity index is 2050. The molecule has 1 amide bonds. The fraction of sp³-hybridized carbons (Fsp3) is 0.114. The van der Waals surface area contributed by atoms with E-state index in [-0.39, 0.29) is 15.5 Å². The van der Waals surface area contributed by atoms with Gasteiger partial charge in [-0.25, -0.2) is 16.8 Å². The zero-order valence-electron chi connectivity index (χ0n) is 25.5. The Balaban J connectivity index is 1.35. The predicted octanol–water partition coefficient (Wildman–Crippen LogP) is 7.04. The number of carbonyl (C=O) groups is 1. The third-order valence-electron chi connectivity index (χ3n) is 7.09. The molecule has 0 fully saturated rings. The lowest BCUT2D eigenvalue weighted by molar-refractivity contribution is -0.114. The zero-order valence-corrected chi connectivity index (χ0v) is 27.1. The van der Waals surface area contributed by atoms with Crippen molar-refractivity contribution in [3.05, 3.63) is 138 Å². The van der Waals surface area contributed by atoms with Gasteiger partial charge in [-0.05, 0) is 111 Å². The summed E-state index contributed by atoms with van der Waals surface area (Å²) >= 11 is 0. The van der Waals surface area contributed by atoms with Gasteiger partial charge in [0, 0.05) is 5.69 Å². The van der Waals surface area contributed by atoms with Crippen molar-refractivity contribution in [1.29, 1.82) is 0 Å². The predicted molar refractivity (Wildman–Crippen MR) is 180 cm³/mol. The minimum atomic E-state index is -4.15. The lowest BCUT2D eigenvalue weighted by Gasteiger charge is -2.24. The average molecular weight is 656 g/mol. The minimum absolute atomic E-state index is 0.00721. The maximum atomic E-state index is 13.8. The number of aryl methyl sites for hydroxylation is 3. The fourth-order valence-corrected chi connectivity index (χ4v) is 7.10. The van der Waals surface area contributed by atoms with Gasteiger partial charge in [-0.2, -0.15) is 0 Å². The van der Waals surface area contributed by atoms with Crippen LogP contribution in [0.25, 0.3) is 0 Å². The zero-order chi connectivity index (χ0) is 32.9. The number of para-hydroxylation sites is 1. The van der Waals surface area contributed by atoms with Gasteiger partial charge in [-0.15, -0.1) is 0 Å². The molecule has 0 atom stereocenters. The van der Waals surface area contributed by atoms with Crippen molar-refractivity contribution in [2.45, 2.75) is 30.6 Å². The standard InChI is InChI=1S/C35H33N3O6S2/c1-25-10-19-33(20-11-25)46(42,43)38(29-15-17-31(18-16-29)44-30-7-5-4-6-8-30)24-35(39)36-28-13-21-32(22-14-28)45(40,41)37-34-23-26(2)9-12-27(34)3/h4-23,37H,24H2,1-3H3,(H,36,39). The number of nitrogens with one attached hydrogen (secondary N) is 2. The third kappa shape index (κ3) is 7.74. The van der Waals surface area contributed by atoms with Crippen molar-refractivity contribution in [3.8, 4) is 11.5 Å². The Hall–Kier alpha value is -5.13. The summed E-state index contributed by atoms with van der Waals surface area (Å²) in [7, 11) is -8.04. The number of anilines is 3. The van der Waals surface area contributed by atoms with Gasteiger partial charge in [0.15, 0.2) is 0 Å². The van der Waals surface area contributed by atoms with E-state index in [4.69, 9.17) is 4.74 Å². The van der Waals surface area contributed by atoms with E-state index >= 15 is 0 Å². The molecule has 0 spiro atoms. The molecule has 9 nitrogen and oxygen atoms in total. The molecule has 236 valence electrons. The van der Waals surface area contributed by atoms with E-state index in [1.165, 1.54) is 36.4 Å². The molecule has 0 saturated heterocycles. The Morgan fingerprint density at radius 1 is 0.674 bits per heavy atom. The number of hydrogen-bond donors (Lipinski definition) is 2. The van der Waals surface area contributed by atoms with Crippen LogP contribution in [0.2, 0.25) is 0 Å². The summed E-state index contributed by atoms with van der Waals surface area (Å²) in [4.78, 5) is 13.3. The number of hydrogen-bond acceptors (Lipinski definition) is 6. The number of amides is 1. The van der Waals surface area contributed by atoms with Crippen LogP contribution >= 0.6 is 0 Å². The van der Waals surface area contributed by atoms with E-state index in [0.29, 0.717) is 22.9 Å². The van der Waals surface area contributed by atoms with E-state index in [1.807, 2.05) is 51.1 Å². The quantitative estimate of drug-likeness (QED) is 0.157. The molecule has 0 aliphatic carbocycles. The molecule has 5 aromatic carbocycles. The van der Waals surface area contributed by atoms with E-state index in [2.05, 4.69) is 10.0 Å². The van der Waals surface area contributed by atoms with Crippen molar-refractivity contribution >= 4 is 43.0 Å². The molecular formula is C35H33N3O6S2. The maximum Gasteiger partial charge on any atom is 0.264 e. The average Bonchev–Trinajstić information content (AvgIpc) is 3.03. The van der Waals surface area contributed by atoms with Crippen LogP contribution in [0, 0.1) is 20.8 Å². The minimum Gasteiger partial charge on any atom is -0.457 e. The SMILES string of the molecule is Cc1ccc(S(=O)(=O)N(CC(=O)Nc2ccc(S(=O)(=O)Nc3cc(C)ccc3C)cc2)c2ccc(Oc3ccccc3)cc2)cc1. The van der Waals surface area contributed by atoms with Crippen molar-refractivity contribution in [1.82, 2.24) is 0 Å². The number of sulfonamides is 2. The van der Waals surface area contributed by atoms with Crippen molar-refractivity contribution in [2.75, 3.05) is 20.9 Å². The van der Waals surface area contributed by atoms with Crippen molar-refractivity contribution < 1.29 is 26.4 Å². The monoisotopic (exact) mass is 655 g/mol. The lowest BCUT2D eigenvalue weighted by atomic mass is 10.1. The Labute approximate surface area is 269 Å². The van der Waals surface area contributed by atoms with Crippen LogP contribution in [0.5, 0.6) is 11.5 Å². The van der Waals surface area contributed by atoms with Crippen LogP contribution in [-0.4, -0.2) is 29.3 Å². The van der Waals surface area contributed by atoms with Crippen LogP contribution in [0.1, 0.15) is 16.7 Å². The molecule has 0 heterocycles. The highest BCUT2D eigenvalue weighted by molar-refractivity contribution is 7.93. The number of rotatable bonds is 11. The first-order valence-corrected chi connectivity index (χ1v) is 17.3. The second kappa shape index (κ2) is 13.5. The van der Waals surface area contributed by atoms with Gasteiger partial charge in [0.2, 0.25) is 5.91 Å². The lowest BCUT2D eigenvalue weighted by Crippen LogP contribution is -2.38. The molecule has 46 heavy (non-hydrogen) atoms. The number of benzene rings is 5. The van der Waals surface area contributed by atoms with E-state index in [0.717, 1.165) is 21.0 Å². The van der Waals surface area contributed by atoms with Gasteiger partial charge in [0.1, 0.15) is 18.0 Å². The van der Waals surface area contributed by atoms with Crippen LogP contribution < -0.4 is 19.1 Å². The summed E-state index contributed by atoms with van der Waals surface area (Å²) < 4.78 is 63.1. The topological polar surface area (TPSA) is 122 Å². The summed E-state index contributed by atoms with van der Waals surface area (Å²) in [5.41, 5.74) is 3.62. The highest BCUT2D eigenvalue weighted by Gasteiger charge is 2.27. The van der Waals surface area contributed by atoms with Crippen LogP contribution in [0.4, 0.5) is 17.1 Å². The largest absolute Gasteiger partial charge is 0.457 e. The molecular weight excluding hydrogens is 623 g/mol. The molecule has 11 heteroatoms. The second-order valence-electron chi connectivity index (χ2n) is 10.7. The third-order valence-corrected chi connectivity index (χ3v) is 10.3. The maximum absolute atomic E-state index is 13.8. The summed E-state index contributed by atoms with van der Waals surface area (Å²) in [5, 5.41) is 2.68. The molecule has 0 bridgehead atoms. The van der Waals surface area contributed by atoms with Crippen LogP contribution in [0.15, 0.2) is 131 Å². The summed E-state index contributed by atoms with van der Waals surface area (Å²) in [5.74, 6) is 0.497. The first kappa shape index (κ1) is 32.3. The number of carbonyl (C=O) groups excluding carboxylic acids is 1. The molecule has 5 aromatic rings. The highest BCUT2D eigenvalue weighted by atomic mass is 32.2. The van der Waals surface area contributed by atoms with Gasteiger partial charge in [0.25, 0.3) is 20.0 Å². The normalized spacial score (nSPS) is 11.5. The smallest absolute Gasteiger partial charge is 0.264 e. The fourth-order valence-electron chi connectivity index (χ4n) is 4.56. The molecule has 0 aromatic heterocycles. The van der Waals surface area contributed by atoms with Gasteiger partial charge in [-0.3, -0.25) is 13.8 Å². The van der Waals surface area contributed by atoms with Crippen molar-refractivity contribution in [3.63, 3.8) is 0 Å². The van der Waals surface area contributed by atoms with Gasteiger partial charge in [0.05, 0.1) is 21.2 Å². The van der Waals surface area contributed by atoms with E-state index in [1.54, 1.807) is 54.6 Å². The molecule has 0 aliphatic heterocycles. The van der Waals surface area contributed by atoms with E-state index < -0.39 is 32.5 Å². The molecule has 0 aliphatic rings. The van der Waals surface area contributed by atoms with Crippen LogP contribution in [-0.2, 0) is 24.8 Å².